The zero-order valence-corrected chi connectivity index (χ0v) is 25.4. The molecule has 2 N–H and O–H groups in total. The monoisotopic (exact) mass is 581 g/mol. The number of rotatable bonds is 10. The number of amides is 2. The average molecular weight is 582 g/mol. The van der Waals surface area contributed by atoms with Crippen molar-refractivity contribution < 1.29 is 17.8 Å². The van der Waals surface area contributed by atoms with Crippen LogP contribution < -0.4 is 10.6 Å². The molecular formula is C30H49F2N5O2S. The van der Waals surface area contributed by atoms with E-state index in [1.807, 2.05) is 4.31 Å². The van der Waals surface area contributed by atoms with Crippen LogP contribution in [0.15, 0.2) is 18.2 Å². The van der Waals surface area contributed by atoms with Gasteiger partial charge in [0.2, 0.25) is 0 Å². The van der Waals surface area contributed by atoms with E-state index in [2.05, 4.69) is 34.3 Å². The maximum atomic E-state index is 14.2. The third-order valence-corrected chi connectivity index (χ3v) is 10.1. The van der Waals surface area contributed by atoms with Gasteiger partial charge in [-0.1, -0.05) is 13.8 Å². The van der Waals surface area contributed by atoms with Crippen LogP contribution in [0.3, 0.4) is 0 Å². The van der Waals surface area contributed by atoms with Crippen LogP contribution >= 0.6 is 0 Å². The van der Waals surface area contributed by atoms with Crippen molar-refractivity contribution in [3.05, 3.63) is 35.4 Å². The second kappa shape index (κ2) is 15.0. The standard InChI is InChI=1S/C30H49F2N5O2S/c1-22(2)21-37(30(38)34-27-4-11-33-12-5-27)28-8-13-35(14-9-28)15-10-29(24-18-25(31)20-26(32)19-24)23-6-16-36(17-7-23)40(3)39/h18-20,22-23,27-29,33H,4-17,21H2,1-3H3,(H,34,38). The van der Waals surface area contributed by atoms with Gasteiger partial charge in [0, 0.05) is 57.1 Å². The number of hydrogen-bond acceptors (Lipinski definition) is 4. The summed E-state index contributed by atoms with van der Waals surface area (Å²) in [5, 5.41) is 6.65. The summed E-state index contributed by atoms with van der Waals surface area (Å²) in [5.41, 5.74) is 0.737. The van der Waals surface area contributed by atoms with E-state index in [-0.39, 0.29) is 24.0 Å². The number of nitrogens with zero attached hydrogens (tertiary/aromatic N) is 3. The number of carbonyl (C=O) groups excluding carboxylic acids is 1. The molecule has 3 heterocycles. The summed E-state index contributed by atoms with van der Waals surface area (Å²) in [4.78, 5) is 17.8. The van der Waals surface area contributed by atoms with E-state index in [9.17, 15) is 17.8 Å². The molecule has 2 unspecified atom stereocenters. The van der Waals surface area contributed by atoms with Crippen LogP contribution in [0.2, 0.25) is 0 Å². The maximum absolute atomic E-state index is 14.2. The molecular weight excluding hydrogens is 532 g/mol. The molecule has 40 heavy (non-hydrogen) atoms. The van der Waals surface area contributed by atoms with Gasteiger partial charge < -0.3 is 20.4 Å². The molecule has 0 spiro atoms. The molecule has 0 aliphatic carbocycles. The Labute approximate surface area is 242 Å². The SMILES string of the molecule is CC(C)CN(C(=O)NC1CCNCC1)C1CCN(CCC(c2cc(F)cc(F)c2)C2CCN(S(C)=O)CC2)CC1. The zero-order chi connectivity index (χ0) is 28.6. The number of likely N-dealkylation sites (tertiary alicyclic amines) is 1. The molecule has 0 bridgehead atoms. The Balaban J connectivity index is 1.35. The summed E-state index contributed by atoms with van der Waals surface area (Å²) in [6.07, 6.45) is 8.12. The molecule has 1 aromatic rings. The highest BCUT2D eigenvalue weighted by Crippen LogP contribution is 2.36. The van der Waals surface area contributed by atoms with Crippen LogP contribution in [0.1, 0.15) is 70.3 Å². The van der Waals surface area contributed by atoms with Crippen molar-refractivity contribution in [2.24, 2.45) is 11.8 Å². The van der Waals surface area contributed by atoms with Crippen LogP contribution in [-0.4, -0.2) is 95.0 Å². The van der Waals surface area contributed by atoms with E-state index in [4.69, 9.17) is 0 Å². The first-order chi connectivity index (χ1) is 19.2. The molecule has 0 saturated carbocycles. The third kappa shape index (κ3) is 8.94. The molecule has 3 aliphatic rings. The fourth-order valence-corrected chi connectivity index (χ4v) is 7.52. The van der Waals surface area contributed by atoms with Crippen LogP contribution in [-0.2, 0) is 11.0 Å². The van der Waals surface area contributed by atoms with E-state index >= 15 is 0 Å². The van der Waals surface area contributed by atoms with Crippen LogP contribution in [0.4, 0.5) is 13.6 Å². The van der Waals surface area contributed by atoms with Gasteiger partial charge in [0.25, 0.3) is 0 Å². The summed E-state index contributed by atoms with van der Waals surface area (Å²) in [7, 11) is -0.987. The molecule has 7 nitrogen and oxygen atoms in total. The van der Waals surface area contributed by atoms with Crippen molar-refractivity contribution in [2.45, 2.75) is 76.8 Å². The minimum Gasteiger partial charge on any atom is -0.335 e. The first-order valence-electron chi connectivity index (χ1n) is 15.2. The van der Waals surface area contributed by atoms with Crippen LogP contribution in [0, 0.1) is 23.5 Å². The van der Waals surface area contributed by atoms with Gasteiger partial charge in [0.1, 0.15) is 11.6 Å². The topological polar surface area (TPSA) is 67.9 Å². The van der Waals surface area contributed by atoms with Crippen molar-refractivity contribution >= 4 is 17.0 Å². The fourth-order valence-electron chi connectivity index (χ4n) is 6.79. The highest BCUT2D eigenvalue weighted by atomic mass is 32.2. The van der Waals surface area contributed by atoms with Crippen LogP contribution in [0.5, 0.6) is 0 Å². The summed E-state index contributed by atoms with van der Waals surface area (Å²) < 4.78 is 42.3. The predicted molar refractivity (Wildman–Crippen MR) is 158 cm³/mol. The lowest BCUT2D eigenvalue weighted by molar-refractivity contribution is 0.107. The molecule has 3 fully saturated rings. The van der Waals surface area contributed by atoms with Gasteiger partial charge >= 0.3 is 6.03 Å². The lowest BCUT2D eigenvalue weighted by atomic mass is 9.78. The Morgan fingerprint density at radius 3 is 2.23 bits per heavy atom. The summed E-state index contributed by atoms with van der Waals surface area (Å²) >= 11 is 0. The first-order valence-corrected chi connectivity index (χ1v) is 16.8. The van der Waals surface area contributed by atoms with E-state index in [0.717, 1.165) is 109 Å². The van der Waals surface area contributed by atoms with Crippen molar-refractivity contribution in [3.8, 4) is 0 Å². The predicted octanol–water partition coefficient (Wildman–Crippen LogP) is 4.33. The molecule has 4 rings (SSSR count). The van der Waals surface area contributed by atoms with Crippen molar-refractivity contribution in [2.75, 3.05) is 58.6 Å². The summed E-state index contributed by atoms with van der Waals surface area (Å²) in [5.74, 6) is -0.287. The van der Waals surface area contributed by atoms with Gasteiger partial charge in [0.15, 0.2) is 0 Å². The van der Waals surface area contributed by atoms with E-state index in [0.29, 0.717) is 11.8 Å². The average Bonchev–Trinajstić information content (AvgIpc) is 2.92. The molecule has 2 amide bonds. The number of hydrogen-bond donors (Lipinski definition) is 2. The molecule has 0 radical (unpaired) electrons. The Hall–Kier alpha value is -1.62. The van der Waals surface area contributed by atoms with E-state index < -0.39 is 22.6 Å². The lowest BCUT2D eigenvalue weighted by Gasteiger charge is -2.41. The molecule has 10 heteroatoms. The normalized spacial score (nSPS) is 22.4. The quantitative estimate of drug-likeness (QED) is 0.432. The molecule has 0 aromatic heterocycles. The second-order valence-electron chi connectivity index (χ2n) is 12.4. The molecule has 3 aliphatic heterocycles. The Morgan fingerprint density at radius 2 is 1.65 bits per heavy atom. The Kier molecular flexibility index (Phi) is 11.8. The van der Waals surface area contributed by atoms with Gasteiger partial charge in [0.05, 0.1) is 11.0 Å². The highest BCUT2D eigenvalue weighted by molar-refractivity contribution is 7.81. The number of carbonyl (C=O) groups is 1. The van der Waals surface area contributed by atoms with E-state index in [1.165, 1.54) is 12.1 Å². The first kappa shape index (κ1) is 31.3. The number of urea groups is 1. The Morgan fingerprint density at radius 1 is 1.02 bits per heavy atom. The summed E-state index contributed by atoms with van der Waals surface area (Å²) in [6.45, 7) is 11.2. The largest absolute Gasteiger partial charge is 0.335 e. The van der Waals surface area contributed by atoms with Gasteiger partial charge in [-0.15, -0.1) is 0 Å². The van der Waals surface area contributed by atoms with Gasteiger partial charge in [-0.25, -0.2) is 22.1 Å². The second-order valence-corrected chi connectivity index (χ2v) is 13.7. The van der Waals surface area contributed by atoms with E-state index in [1.54, 1.807) is 6.26 Å². The number of halogens is 2. The fraction of sp³-hybridized carbons (Fsp3) is 0.767. The van der Waals surface area contributed by atoms with Gasteiger partial charge in [-0.3, -0.25) is 0 Å². The van der Waals surface area contributed by atoms with Crippen molar-refractivity contribution in [1.82, 2.24) is 24.7 Å². The highest BCUT2D eigenvalue weighted by Gasteiger charge is 2.32. The number of nitrogens with one attached hydrogen (secondary N) is 2. The zero-order valence-electron chi connectivity index (χ0n) is 24.5. The van der Waals surface area contributed by atoms with Gasteiger partial charge in [-0.2, -0.15) is 0 Å². The molecule has 3 saturated heterocycles. The van der Waals surface area contributed by atoms with Gasteiger partial charge in [-0.05, 0) is 100 Å². The number of piperidine rings is 3. The Bertz CT molecular complexity index is 957. The molecule has 2 atom stereocenters. The van der Waals surface area contributed by atoms with Crippen molar-refractivity contribution in [1.29, 1.82) is 0 Å². The molecule has 226 valence electrons. The van der Waals surface area contributed by atoms with Crippen LogP contribution in [0.25, 0.3) is 0 Å². The third-order valence-electron chi connectivity index (χ3n) is 8.99. The minimum atomic E-state index is -0.987. The molecule has 1 aromatic carbocycles. The van der Waals surface area contributed by atoms with Crippen molar-refractivity contribution in [3.63, 3.8) is 0 Å². The minimum absolute atomic E-state index is 0.0589. The smallest absolute Gasteiger partial charge is 0.317 e. The number of benzene rings is 1. The maximum Gasteiger partial charge on any atom is 0.317 e. The lowest BCUT2D eigenvalue weighted by Crippen LogP contribution is -2.54. The summed E-state index contributed by atoms with van der Waals surface area (Å²) in [6, 6.07) is 4.49.